The molecule has 0 spiro atoms. The van der Waals surface area contributed by atoms with Crippen molar-refractivity contribution < 1.29 is 9.53 Å². The van der Waals surface area contributed by atoms with Crippen LogP contribution in [0.2, 0.25) is 10.0 Å². The number of hydrogen-bond donors (Lipinski definition) is 1. The number of amides is 1. The SMILES string of the molecule is O=C(COc1ccc(Cl)cc1Cl)N/N=C\c1ccc(Br)s1. The van der Waals surface area contributed by atoms with E-state index in [1.807, 2.05) is 12.1 Å². The zero-order chi connectivity index (χ0) is 15.2. The third-order valence-corrected chi connectivity index (χ3v) is 4.32. The molecule has 0 aliphatic carbocycles. The molecule has 0 bridgehead atoms. The van der Waals surface area contributed by atoms with Gasteiger partial charge in [-0.2, -0.15) is 5.10 Å². The normalized spacial score (nSPS) is 10.8. The number of carbonyl (C=O) groups excluding carboxylic acids is 1. The van der Waals surface area contributed by atoms with Crippen LogP contribution in [-0.4, -0.2) is 18.7 Å². The van der Waals surface area contributed by atoms with E-state index in [-0.39, 0.29) is 12.5 Å². The largest absolute Gasteiger partial charge is 0.482 e. The molecule has 110 valence electrons. The molecule has 1 heterocycles. The fraction of sp³-hybridized carbons (Fsp3) is 0.0769. The second-order valence-electron chi connectivity index (χ2n) is 3.80. The number of rotatable bonds is 5. The summed E-state index contributed by atoms with van der Waals surface area (Å²) in [5.41, 5.74) is 2.37. The molecular weight excluding hydrogens is 399 g/mol. The van der Waals surface area contributed by atoms with E-state index < -0.39 is 0 Å². The molecular formula is C13H9BrCl2N2O2S. The Morgan fingerprint density at radius 3 is 2.86 bits per heavy atom. The second kappa shape index (κ2) is 7.79. The Hall–Kier alpha value is -1.08. The van der Waals surface area contributed by atoms with E-state index in [2.05, 4.69) is 26.5 Å². The molecule has 0 fully saturated rings. The van der Waals surface area contributed by atoms with Gasteiger partial charge in [-0.25, -0.2) is 5.43 Å². The summed E-state index contributed by atoms with van der Waals surface area (Å²) < 4.78 is 6.28. The van der Waals surface area contributed by atoms with Gasteiger partial charge in [0.1, 0.15) is 5.75 Å². The van der Waals surface area contributed by atoms with Crippen molar-refractivity contribution >= 4 is 62.6 Å². The number of hydrazone groups is 1. The molecule has 0 radical (unpaired) electrons. The van der Waals surface area contributed by atoms with Crippen LogP contribution in [0, 0.1) is 0 Å². The quantitative estimate of drug-likeness (QED) is 0.591. The maximum absolute atomic E-state index is 11.6. The Bertz CT molecular complexity index is 676. The number of nitrogens with zero attached hydrogens (tertiary/aromatic N) is 1. The monoisotopic (exact) mass is 406 g/mol. The number of ether oxygens (including phenoxy) is 1. The Morgan fingerprint density at radius 1 is 1.38 bits per heavy atom. The lowest BCUT2D eigenvalue weighted by molar-refractivity contribution is -0.123. The van der Waals surface area contributed by atoms with Gasteiger partial charge in [0.15, 0.2) is 6.61 Å². The second-order valence-corrected chi connectivity index (χ2v) is 7.14. The van der Waals surface area contributed by atoms with E-state index in [1.165, 1.54) is 11.3 Å². The summed E-state index contributed by atoms with van der Waals surface area (Å²) in [6.45, 7) is -0.188. The maximum Gasteiger partial charge on any atom is 0.277 e. The van der Waals surface area contributed by atoms with Gasteiger partial charge in [0.25, 0.3) is 5.91 Å². The molecule has 0 saturated carbocycles. The first-order valence-electron chi connectivity index (χ1n) is 5.69. The van der Waals surface area contributed by atoms with Gasteiger partial charge in [-0.1, -0.05) is 23.2 Å². The van der Waals surface area contributed by atoms with Crippen molar-refractivity contribution in [2.24, 2.45) is 5.10 Å². The van der Waals surface area contributed by atoms with Crippen LogP contribution in [0.15, 0.2) is 39.2 Å². The minimum atomic E-state index is -0.382. The van der Waals surface area contributed by atoms with E-state index in [0.29, 0.717) is 15.8 Å². The average Bonchev–Trinajstić information content (AvgIpc) is 2.83. The maximum atomic E-state index is 11.6. The fourth-order valence-corrected chi connectivity index (χ4v) is 3.09. The van der Waals surface area contributed by atoms with Crippen LogP contribution in [0.3, 0.4) is 0 Å². The molecule has 0 unspecified atom stereocenters. The van der Waals surface area contributed by atoms with Gasteiger partial charge < -0.3 is 4.74 Å². The molecule has 0 saturated heterocycles. The van der Waals surface area contributed by atoms with E-state index >= 15 is 0 Å². The molecule has 1 aromatic heterocycles. The molecule has 2 aromatic rings. The third-order valence-electron chi connectivity index (χ3n) is 2.23. The van der Waals surface area contributed by atoms with Crippen LogP contribution >= 0.6 is 50.5 Å². The van der Waals surface area contributed by atoms with E-state index in [0.717, 1.165) is 8.66 Å². The lowest BCUT2D eigenvalue weighted by Gasteiger charge is -2.06. The first-order chi connectivity index (χ1) is 10.0. The Kier molecular flexibility index (Phi) is 6.05. The van der Waals surface area contributed by atoms with Crippen molar-refractivity contribution in [3.8, 4) is 5.75 Å². The number of benzene rings is 1. The molecule has 21 heavy (non-hydrogen) atoms. The lowest BCUT2D eigenvalue weighted by Crippen LogP contribution is -2.24. The summed E-state index contributed by atoms with van der Waals surface area (Å²) in [6.07, 6.45) is 1.56. The molecule has 1 amide bonds. The van der Waals surface area contributed by atoms with Crippen LogP contribution in [0.1, 0.15) is 4.88 Å². The highest BCUT2D eigenvalue weighted by atomic mass is 79.9. The predicted molar refractivity (Wildman–Crippen MR) is 89.7 cm³/mol. The van der Waals surface area contributed by atoms with Gasteiger partial charge >= 0.3 is 0 Å². The number of halogens is 3. The first-order valence-corrected chi connectivity index (χ1v) is 8.06. The predicted octanol–water partition coefficient (Wildman–Crippen LogP) is 4.35. The van der Waals surface area contributed by atoms with Crippen LogP contribution in [0.25, 0.3) is 0 Å². The van der Waals surface area contributed by atoms with Crippen molar-refractivity contribution in [2.45, 2.75) is 0 Å². The van der Waals surface area contributed by atoms with Gasteiger partial charge in [-0.15, -0.1) is 11.3 Å². The molecule has 4 nitrogen and oxygen atoms in total. The average molecular weight is 408 g/mol. The Labute approximate surface area is 143 Å². The minimum Gasteiger partial charge on any atom is -0.482 e. The fourth-order valence-electron chi connectivity index (χ4n) is 1.33. The summed E-state index contributed by atoms with van der Waals surface area (Å²) in [6, 6.07) is 8.56. The molecule has 0 aliphatic rings. The molecule has 0 atom stereocenters. The van der Waals surface area contributed by atoms with Gasteiger partial charge in [0.05, 0.1) is 15.0 Å². The van der Waals surface area contributed by atoms with Crippen molar-refractivity contribution in [1.29, 1.82) is 0 Å². The van der Waals surface area contributed by atoms with E-state index in [1.54, 1.807) is 24.4 Å². The molecule has 1 aromatic carbocycles. The summed E-state index contributed by atoms with van der Waals surface area (Å²) in [5, 5.41) is 4.69. The van der Waals surface area contributed by atoms with Gasteiger partial charge in [-0.05, 0) is 46.3 Å². The highest BCUT2D eigenvalue weighted by Gasteiger charge is 2.05. The zero-order valence-electron chi connectivity index (χ0n) is 10.5. The lowest BCUT2D eigenvalue weighted by atomic mass is 10.3. The minimum absolute atomic E-state index is 0.188. The van der Waals surface area contributed by atoms with Crippen LogP contribution in [-0.2, 0) is 4.79 Å². The van der Waals surface area contributed by atoms with Crippen LogP contribution < -0.4 is 10.2 Å². The van der Waals surface area contributed by atoms with Crippen molar-refractivity contribution in [3.05, 3.63) is 49.0 Å². The van der Waals surface area contributed by atoms with E-state index in [4.69, 9.17) is 27.9 Å². The summed E-state index contributed by atoms with van der Waals surface area (Å²) in [7, 11) is 0. The Morgan fingerprint density at radius 2 is 2.19 bits per heavy atom. The van der Waals surface area contributed by atoms with Crippen molar-refractivity contribution in [1.82, 2.24) is 5.43 Å². The summed E-state index contributed by atoms with van der Waals surface area (Å²) in [4.78, 5) is 12.5. The summed E-state index contributed by atoms with van der Waals surface area (Å²) in [5.74, 6) is 0.00951. The standard InChI is InChI=1S/C13H9BrCl2N2O2S/c14-12-4-2-9(21-12)6-17-18-13(19)7-20-11-3-1-8(15)5-10(11)16/h1-6H,7H2,(H,18,19)/b17-6-. The zero-order valence-corrected chi connectivity index (χ0v) is 14.4. The van der Waals surface area contributed by atoms with Crippen LogP contribution in [0.5, 0.6) is 5.75 Å². The number of carbonyl (C=O) groups is 1. The molecule has 8 heteroatoms. The smallest absolute Gasteiger partial charge is 0.277 e. The summed E-state index contributed by atoms with van der Waals surface area (Å²) >= 11 is 16.5. The highest BCUT2D eigenvalue weighted by molar-refractivity contribution is 9.11. The van der Waals surface area contributed by atoms with E-state index in [9.17, 15) is 4.79 Å². The topological polar surface area (TPSA) is 50.7 Å². The van der Waals surface area contributed by atoms with Gasteiger partial charge in [0.2, 0.25) is 0 Å². The number of nitrogens with one attached hydrogen (secondary N) is 1. The third kappa shape index (κ3) is 5.32. The van der Waals surface area contributed by atoms with Crippen molar-refractivity contribution in [3.63, 3.8) is 0 Å². The number of thiophene rings is 1. The van der Waals surface area contributed by atoms with Gasteiger partial charge in [-0.3, -0.25) is 4.79 Å². The highest BCUT2D eigenvalue weighted by Crippen LogP contribution is 2.27. The van der Waals surface area contributed by atoms with Crippen LogP contribution in [0.4, 0.5) is 0 Å². The van der Waals surface area contributed by atoms with Gasteiger partial charge in [0, 0.05) is 9.90 Å². The Balaban J connectivity index is 1.81. The molecule has 0 aliphatic heterocycles. The van der Waals surface area contributed by atoms with Crippen molar-refractivity contribution in [2.75, 3.05) is 6.61 Å². The molecule has 2 rings (SSSR count). The number of hydrogen-bond acceptors (Lipinski definition) is 4. The first kappa shape index (κ1) is 16.3. The molecule has 1 N–H and O–H groups in total.